The van der Waals surface area contributed by atoms with Crippen molar-refractivity contribution in [2.24, 2.45) is 5.92 Å². The lowest BCUT2D eigenvalue weighted by atomic mass is 9.87. The average Bonchev–Trinajstić information content (AvgIpc) is 3.18. The summed E-state index contributed by atoms with van der Waals surface area (Å²) in [5.41, 5.74) is 2.96. The molecule has 1 N–H and O–H groups in total. The lowest BCUT2D eigenvalue weighted by molar-refractivity contribution is -0.0498. The quantitative estimate of drug-likeness (QED) is 0.545. The highest BCUT2D eigenvalue weighted by atomic mass is 32.2. The van der Waals surface area contributed by atoms with Crippen LogP contribution in [0.25, 0.3) is 22.0 Å². The van der Waals surface area contributed by atoms with E-state index in [4.69, 9.17) is 9.47 Å². The number of ether oxygens (including phenoxy) is 2. The highest BCUT2D eigenvalue weighted by Gasteiger charge is 2.35. The Balaban J connectivity index is 1.74. The van der Waals surface area contributed by atoms with E-state index in [1.54, 1.807) is 24.5 Å². The van der Waals surface area contributed by atoms with Crippen LogP contribution in [0, 0.1) is 12.8 Å². The second-order valence-electron chi connectivity index (χ2n) is 8.44. The summed E-state index contributed by atoms with van der Waals surface area (Å²) in [5, 5.41) is 0.852. The Bertz CT molecular complexity index is 1240. The number of rotatable bonds is 6. The van der Waals surface area contributed by atoms with Gasteiger partial charge in [-0.2, -0.15) is 0 Å². The van der Waals surface area contributed by atoms with Gasteiger partial charge in [-0.1, -0.05) is 0 Å². The standard InChI is InChI=1S/C23H26F2N2O4S/c1-14-11-27-22(30-2)21-20(14)18(12-26-21)17-10-16(32(3,28)29)4-5-19(17)31-13-15-6-8-23(24,25)9-7-15/h4-5,10-12,15,26H,6-9,13H2,1-3H3. The third kappa shape index (κ3) is 4.44. The van der Waals surface area contributed by atoms with Crippen LogP contribution in [0.3, 0.4) is 0 Å². The number of nitrogens with zero attached hydrogens (tertiary/aromatic N) is 1. The number of fused-ring (bicyclic) bond motifs is 1. The van der Waals surface area contributed by atoms with Gasteiger partial charge in [-0.05, 0) is 49.4 Å². The molecule has 0 saturated heterocycles. The summed E-state index contributed by atoms with van der Waals surface area (Å²) < 4.78 is 62.8. The topological polar surface area (TPSA) is 81.3 Å². The minimum absolute atomic E-state index is 0.0334. The van der Waals surface area contributed by atoms with Crippen molar-refractivity contribution in [2.45, 2.75) is 43.4 Å². The van der Waals surface area contributed by atoms with E-state index < -0.39 is 15.8 Å². The molecule has 1 fully saturated rings. The number of halogens is 2. The summed E-state index contributed by atoms with van der Waals surface area (Å²) in [6.45, 7) is 2.21. The van der Waals surface area contributed by atoms with Crippen molar-refractivity contribution in [2.75, 3.05) is 20.0 Å². The smallest absolute Gasteiger partial charge is 0.248 e. The molecule has 0 aliphatic heterocycles. The molecule has 1 aliphatic carbocycles. The van der Waals surface area contributed by atoms with E-state index in [1.165, 1.54) is 13.2 Å². The van der Waals surface area contributed by atoms with Crippen molar-refractivity contribution in [3.63, 3.8) is 0 Å². The molecule has 2 aromatic heterocycles. The summed E-state index contributed by atoms with van der Waals surface area (Å²) >= 11 is 0. The van der Waals surface area contributed by atoms with Gasteiger partial charge in [0.05, 0.1) is 18.6 Å². The fourth-order valence-corrected chi connectivity index (χ4v) is 4.85. The minimum Gasteiger partial charge on any atom is -0.493 e. The van der Waals surface area contributed by atoms with E-state index in [2.05, 4.69) is 9.97 Å². The maximum atomic E-state index is 13.5. The Morgan fingerprint density at radius 3 is 2.59 bits per heavy atom. The van der Waals surface area contributed by atoms with Gasteiger partial charge in [-0.25, -0.2) is 22.2 Å². The van der Waals surface area contributed by atoms with E-state index in [0.29, 0.717) is 42.2 Å². The van der Waals surface area contributed by atoms with Crippen molar-refractivity contribution in [3.05, 3.63) is 36.2 Å². The maximum Gasteiger partial charge on any atom is 0.248 e. The van der Waals surface area contributed by atoms with Crippen LogP contribution in [-0.2, 0) is 9.84 Å². The Labute approximate surface area is 185 Å². The zero-order valence-corrected chi connectivity index (χ0v) is 19.1. The van der Waals surface area contributed by atoms with Gasteiger partial charge < -0.3 is 14.5 Å². The molecule has 0 radical (unpaired) electrons. The summed E-state index contributed by atoms with van der Waals surface area (Å²) in [6.07, 6.45) is 5.17. The van der Waals surface area contributed by atoms with Crippen LogP contribution in [0.15, 0.2) is 35.5 Å². The Morgan fingerprint density at radius 1 is 1.22 bits per heavy atom. The summed E-state index contributed by atoms with van der Waals surface area (Å²) in [4.78, 5) is 7.62. The van der Waals surface area contributed by atoms with E-state index in [9.17, 15) is 17.2 Å². The van der Waals surface area contributed by atoms with Gasteiger partial charge >= 0.3 is 0 Å². The number of hydrogen-bond donors (Lipinski definition) is 1. The number of benzene rings is 1. The molecule has 0 amide bonds. The number of nitrogens with one attached hydrogen (secondary N) is 1. The van der Waals surface area contributed by atoms with Crippen LogP contribution in [0.5, 0.6) is 11.6 Å². The molecule has 6 nitrogen and oxygen atoms in total. The molecule has 0 atom stereocenters. The highest BCUT2D eigenvalue weighted by Crippen LogP contribution is 2.41. The minimum atomic E-state index is -3.44. The Hall–Kier alpha value is -2.68. The van der Waals surface area contributed by atoms with Crippen LogP contribution >= 0.6 is 0 Å². The molecular formula is C23H26F2N2O4S. The van der Waals surface area contributed by atoms with Gasteiger partial charge in [-0.15, -0.1) is 0 Å². The second-order valence-corrected chi connectivity index (χ2v) is 10.5. The van der Waals surface area contributed by atoms with Gasteiger partial charge in [0.25, 0.3) is 0 Å². The predicted molar refractivity (Wildman–Crippen MR) is 118 cm³/mol. The fourth-order valence-electron chi connectivity index (χ4n) is 4.20. The largest absolute Gasteiger partial charge is 0.493 e. The van der Waals surface area contributed by atoms with E-state index in [0.717, 1.165) is 22.8 Å². The van der Waals surface area contributed by atoms with Crippen molar-refractivity contribution in [3.8, 4) is 22.8 Å². The number of aromatic nitrogens is 2. The molecule has 2 heterocycles. The van der Waals surface area contributed by atoms with Crippen LogP contribution in [-0.4, -0.2) is 44.3 Å². The van der Waals surface area contributed by atoms with Gasteiger partial charge in [0.1, 0.15) is 11.3 Å². The van der Waals surface area contributed by atoms with Crippen LogP contribution in [0.4, 0.5) is 8.78 Å². The number of aromatic amines is 1. The van der Waals surface area contributed by atoms with Crippen molar-refractivity contribution < 1.29 is 26.7 Å². The predicted octanol–water partition coefficient (Wildman–Crippen LogP) is 5.15. The molecule has 0 spiro atoms. The van der Waals surface area contributed by atoms with Crippen LogP contribution in [0.2, 0.25) is 0 Å². The second kappa shape index (κ2) is 8.35. The third-order valence-electron chi connectivity index (χ3n) is 6.04. The van der Waals surface area contributed by atoms with Crippen molar-refractivity contribution >= 4 is 20.7 Å². The van der Waals surface area contributed by atoms with Gasteiger partial charge in [0.2, 0.25) is 11.8 Å². The number of alkyl halides is 2. The number of sulfone groups is 1. The third-order valence-corrected chi connectivity index (χ3v) is 7.15. The van der Waals surface area contributed by atoms with Crippen LogP contribution in [0.1, 0.15) is 31.2 Å². The molecule has 172 valence electrons. The molecule has 1 saturated carbocycles. The molecule has 9 heteroatoms. The molecule has 3 aromatic rings. The van der Waals surface area contributed by atoms with E-state index >= 15 is 0 Å². The number of H-pyrrole nitrogens is 1. The Morgan fingerprint density at radius 2 is 1.94 bits per heavy atom. The average molecular weight is 465 g/mol. The van der Waals surface area contributed by atoms with Crippen LogP contribution < -0.4 is 9.47 Å². The van der Waals surface area contributed by atoms with E-state index in [-0.39, 0.29) is 23.7 Å². The monoisotopic (exact) mass is 464 g/mol. The first kappa shape index (κ1) is 22.5. The molecule has 0 bridgehead atoms. The molecule has 32 heavy (non-hydrogen) atoms. The zero-order chi connectivity index (χ0) is 23.1. The molecule has 1 aromatic carbocycles. The number of pyridine rings is 1. The fraction of sp³-hybridized carbons (Fsp3) is 0.435. The van der Waals surface area contributed by atoms with Gasteiger partial charge in [0, 0.05) is 48.0 Å². The highest BCUT2D eigenvalue weighted by molar-refractivity contribution is 7.90. The number of aryl methyl sites for hydroxylation is 1. The summed E-state index contributed by atoms with van der Waals surface area (Å²) in [5.74, 6) is -1.62. The molecule has 4 rings (SSSR count). The normalized spacial score (nSPS) is 16.9. The summed E-state index contributed by atoms with van der Waals surface area (Å²) in [6, 6.07) is 4.73. The lowest BCUT2D eigenvalue weighted by Gasteiger charge is -2.28. The SMILES string of the molecule is COc1ncc(C)c2c(-c3cc(S(C)(=O)=O)ccc3OCC3CCC(F)(F)CC3)c[nH]c12. The van der Waals surface area contributed by atoms with Crippen molar-refractivity contribution in [1.82, 2.24) is 9.97 Å². The van der Waals surface area contributed by atoms with Gasteiger partial charge in [0.15, 0.2) is 9.84 Å². The van der Waals surface area contributed by atoms with Gasteiger partial charge in [-0.3, -0.25) is 0 Å². The number of hydrogen-bond acceptors (Lipinski definition) is 5. The van der Waals surface area contributed by atoms with E-state index in [1.807, 2.05) is 6.92 Å². The molecule has 0 unspecified atom stereocenters. The zero-order valence-electron chi connectivity index (χ0n) is 18.2. The first-order chi connectivity index (χ1) is 15.1. The molecule has 1 aliphatic rings. The first-order valence-electron chi connectivity index (χ1n) is 10.4. The lowest BCUT2D eigenvalue weighted by Crippen LogP contribution is -2.27. The Kier molecular flexibility index (Phi) is 5.87. The van der Waals surface area contributed by atoms with Crippen molar-refractivity contribution in [1.29, 1.82) is 0 Å². The maximum absolute atomic E-state index is 13.5. The number of methoxy groups -OCH3 is 1. The first-order valence-corrected chi connectivity index (χ1v) is 12.3. The summed E-state index contributed by atoms with van der Waals surface area (Å²) in [7, 11) is -1.91. The molecular weight excluding hydrogens is 438 g/mol.